The maximum Gasteiger partial charge on any atom is 0.302 e. The molecule has 0 bridgehead atoms. The van der Waals surface area contributed by atoms with Crippen molar-refractivity contribution in [3.8, 4) is 0 Å². The van der Waals surface area contributed by atoms with Crippen molar-refractivity contribution >= 4 is 5.97 Å². The van der Waals surface area contributed by atoms with E-state index in [2.05, 4.69) is 33.4 Å². The average Bonchev–Trinajstić information content (AvgIpc) is 2.27. The molecule has 0 radical (unpaired) electrons. The molecule has 0 heterocycles. The molecular formula is C17H26O2. The van der Waals surface area contributed by atoms with Crippen molar-refractivity contribution in [2.75, 3.05) is 0 Å². The molecule has 0 aromatic heterocycles. The summed E-state index contributed by atoms with van der Waals surface area (Å²) >= 11 is 0. The minimum absolute atomic E-state index is 0.0229. The summed E-state index contributed by atoms with van der Waals surface area (Å²) in [6, 6.07) is 0. The van der Waals surface area contributed by atoms with Crippen LogP contribution in [0.4, 0.5) is 0 Å². The zero-order valence-electron chi connectivity index (χ0n) is 12.7. The summed E-state index contributed by atoms with van der Waals surface area (Å²) in [4.78, 5) is 11.5. The second kappa shape index (κ2) is 5.15. The van der Waals surface area contributed by atoms with Crippen molar-refractivity contribution in [1.82, 2.24) is 0 Å². The number of rotatable bonds is 2. The van der Waals surface area contributed by atoms with Gasteiger partial charge in [-0.3, -0.25) is 4.79 Å². The molecule has 4 atom stereocenters. The molecule has 19 heavy (non-hydrogen) atoms. The lowest BCUT2D eigenvalue weighted by atomic mass is 9.56. The first-order chi connectivity index (χ1) is 8.85. The van der Waals surface area contributed by atoms with Crippen LogP contribution in [-0.2, 0) is 9.53 Å². The van der Waals surface area contributed by atoms with Crippen molar-refractivity contribution in [2.45, 2.75) is 59.5 Å². The second-order valence-corrected chi connectivity index (χ2v) is 6.68. The van der Waals surface area contributed by atoms with Gasteiger partial charge in [0.2, 0.25) is 0 Å². The largest absolute Gasteiger partial charge is 0.461 e. The Morgan fingerprint density at radius 1 is 1.42 bits per heavy atom. The Bertz CT molecular complexity index is 421. The van der Waals surface area contributed by atoms with Gasteiger partial charge >= 0.3 is 5.97 Å². The molecule has 0 aliphatic heterocycles. The van der Waals surface area contributed by atoms with Crippen LogP contribution in [0.25, 0.3) is 0 Å². The molecule has 2 aliphatic rings. The number of ether oxygens (including phenoxy) is 1. The van der Waals surface area contributed by atoms with Gasteiger partial charge in [-0.2, -0.15) is 0 Å². The Hall–Kier alpha value is -1.05. The number of allylic oxidation sites excluding steroid dienone is 1. The predicted molar refractivity (Wildman–Crippen MR) is 77.7 cm³/mol. The third-order valence-corrected chi connectivity index (χ3v) is 5.11. The van der Waals surface area contributed by atoms with Crippen molar-refractivity contribution < 1.29 is 9.53 Å². The molecule has 4 unspecified atom stereocenters. The van der Waals surface area contributed by atoms with Gasteiger partial charge in [-0.15, -0.1) is 0 Å². The highest BCUT2D eigenvalue weighted by atomic mass is 16.5. The van der Waals surface area contributed by atoms with Crippen molar-refractivity contribution in [2.24, 2.45) is 17.3 Å². The van der Waals surface area contributed by atoms with Gasteiger partial charge in [0, 0.05) is 18.8 Å². The fourth-order valence-electron chi connectivity index (χ4n) is 4.15. The molecule has 1 saturated carbocycles. The molecular weight excluding hydrogens is 236 g/mol. The molecule has 2 rings (SSSR count). The van der Waals surface area contributed by atoms with Crippen LogP contribution >= 0.6 is 0 Å². The van der Waals surface area contributed by atoms with E-state index in [0.717, 1.165) is 18.4 Å². The van der Waals surface area contributed by atoms with Gasteiger partial charge < -0.3 is 4.74 Å². The standard InChI is InChI=1S/C17H26O2/c1-11(2)14-8-10-17(5)9-6-7-12(3)15(17)16(14)19-13(4)18/h7,14-16H,1,6,8-10H2,2-5H3. The van der Waals surface area contributed by atoms with Crippen LogP contribution in [-0.4, -0.2) is 12.1 Å². The fourth-order valence-corrected chi connectivity index (χ4v) is 4.15. The lowest BCUT2D eigenvalue weighted by Gasteiger charge is -2.51. The molecule has 0 aromatic rings. The summed E-state index contributed by atoms with van der Waals surface area (Å²) in [6.45, 7) is 12.2. The lowest BCUT2D eigenvalue weighted by Crippen LogP contribution is -2.49. The third kappa shape index (κ3) is 2.63. The topological polar surface area (TPSA) is 26.3 Å². The van der Waals surface area contributed by atoms with Gasteiger partial charge in [-0.1, -0.05) is 30.7 Å². The average molecular weight is 262 g/mol. The second-order valence-electron chi connectivity index (χ2n) is 6.68. The summed E-state index contributed by atoms with van der Waals surface area (Å²) in [6.07, 6.45) is 6.96. The highest BCUT2D eigenvalue weighted by molar-refractivity contribution is 5.66. The molecule has 2 aliphatic carbocycles. The van der Waals surface area contributed by atoms with Crippen LogP contribution in [0.1, 0.15) is 53.4 Å². The summed E-state index contributed by atoms with van der Waals surface area (Å²) in [5, 5.41) is 0. The van der Waals surface area contributed by atoms with Crippen LogP contribution in [0.2, 0.25) is 0 Å². The van der Waals surface area contributed by atoms with E-state index in [9.17, 15) is 4.79 Å². The van der Waals surface area contributed by atoms with Gasteiger partial charge in [-0.25, -0.2) is 0 Å². The molecule has 1 fully saturated rings. The fraction of sp³-hybridized carbons (Fsp3) is 0.706. The maximum atomic E-state index is 11.5. The van der Waals surface area contributed by atoms with E-state index in [1.807, 2.05) is 0 Å². The van der Waals surface area contributed by atoms with E-state index < -0.39 is 0 Å². The van der Waals surface area contributed by atoms with Crippen LogP contribution in [0.5, 0.6) is 0 Å². The SMILES string of the molecule is C=C(C)C1CCC2(C)CCC=C(C)C2C1OC(C)=O. The van der Waals surface area contributed by atoms with E-state index >= 15 is 0 Å². The van der Waals surface area contributed by atoms with Crippen LogP contribution in [0.15, 0.2) is 23.8 Å². The third-order valence-electron chi connectivity index (χ3n) is 5.11. The Morgan fingerprint density at radius 3 is 2.68 bits per heavy atom. The normalized spacial score (nSPS) is 38.1. The predicted octanol–water partition coefficient (Wildman–Crippen LogP) is 4.27. The van der Waals surface area contributed by atoms with Crippen LogP contribution < -0.4 is 0 Å². The molecule has 0 saturated heterocycles. The van der Waals surface area contributed by atoms with Crippen LogP contribution in [0.3, 0.4) is 0 Å². The minimum atomic E-state index is -0.168. The van der Waals surface area contributed by atoms with E-state index in [-0.39, 0.29) is 17.5 Å². The van der Waals surface area contributed by atoms with Gasteiger partial charge in [0.25, 0.3) is 0 Å². The summed E-state index contributed by atoms with van der Waals surface area (Å²) in [5.41, 5.74) is 2.82. The minimum Gasteiger partial charge on any atom is -0.461 e. The van der Waals surface area contributed by atoms with Gasteiger partial charge in [0.1, 0.15) is 6.10 Å². The number of hydrogen-bond acceptors (Lipinski definition) is 2. The van der Waals surface area contributed by atoms with Gasteiger partial charge in [0.15, 0.2) is 0 Å². The Morgan fingerprint density at radius 2 is 2.11 bits per heavy atom. The molecule has 106 valence electrons. The molecule has 0 N–H and O–H groups in total. The van der Waals surface area contributed by atoms with E-state index in [4.69, 9.17) is 4.74 Å². The Balaban J connectivity index is 2.37. The maximum absolute atomic E-state index is 11.5. The zero-order chi connectivity index (χ0) is 14.2. The lowest BCUT2D eigenvalue weighted by molar-refractivity contribution is -0.158. The molecule has 0 amide bonds. The first-order valence-corrected chi connectivity index (χ1v) is 7.34. The van der Waals surface area contributed by atoms with Crippen LogP contribution in [0, 0.1) is 17.3 Å². The highest BCUT2D eigenvalue weighted by Gasteiger charge is 2.49. The van der Waals surface area contributed by atoms with Crippen molar-refractivity contribution in [1.29, 1.82) is 0 Å². The molecule has 2 nitrogen and oxygen atoms in total. The number of hydrogen-bond donors (Lipinski definition) is 0. The number of carbonyl (C=O) groups excluding carboxylic acids is 1. The first kappa shape index (κ1) is 14.4. The highest BCUT2D eigenvalue weighted by Crippen LogP contribution is 2.54. The molecule has 0 spiro atoms. The summed E-state index contributed by atoms with van der Waals surface area (Å²) in [5.74, 6) is 0.503. The van der Waals surface area contributed by atoms with Crippen molar-refractivity contribution in [3.05, 3.63) is 23.8 Å². The number of carbonyl (C=O) groups is 1. The smallest absolute Gasteiger partial charge is 0.302 e. The Kier molecular flexibility index (Phi) is 3.89. The molecule has 2 heteroatoms. The van der Waals surface area contributed by atoms with E-state index in [0.29, 0.717) is 11.8 Å². The Labute approximate surface area is 116 Å². The summed E-state index contributed by atoms with van der Waals surface area (Å²) < 4.78 is 5.73. The quantitative estimate of drug-likeness (QED) is 0.549. The summed E-state index contributed by atoms with van der Waals surface area (Å²) in [7, 11) is 0. The first-order valence-electron chi connectivity index (χ1n) is 7.34. The number of esters is 1. The van der Waals surface area contributed by atoms with E-state index in [1.54, 1.807) is 0 Å². The molecule has 0 aromatic carbocycles. The van der Waals surface area contributed by atoms with Gasteiger partial charge in [0.05, 0.1) is 0 Å². The van der Waals surface area contributed by atoms with Crippen molar-refractivity contribution in [3.63, 3.8) is 0 Å². The van der Waals surface area contributed by atoms with Gasteiger partial charge in [-0.05, 0) is 44.9 Å². The van der Waals surface area contributed by atoms with E-state index in [1.165, 1.54) is 25.3 Å². The zero-order valence-corrected chi connectivity index (χ0v) is 12.7. The number of fused-ring (bicyclic) bond motifs is 1. The monoisotopic (exact) mass is 262 g/mol.